The van der Waals surface area contributed by atoms with Crippen LogP contribution in [0.1, 0.15) is 22.8 Å². The molecule has 0 saturated carbocycles. The molecule has 0 atom stereocenters. The second-order valence-electron chi connectivity index (χ2n) is 4.29. The molecular weight excluding hydrogens is 276 g/mol. The third-order valence-electron chi connectivity index (χ3n) is 2.74. The van der Waals surface area contributed by atoms with Crippen molar-refractivity contribution in [3.63, 3.8) is 0 Å². The Labute approximate surface area is 121 Å². The summed E-state index contributed by atoms with van der Waals surface area (Å²) in [6, 6.07) is 11.5. The van der Waals surface area contributed by atoms with E-state index in [0.29, 0.717) is 27.5 Å². The minimum absolute atomic E-state index is 0.167. The van der Waals surface area contributed by atoms with E-state index in [-0.39, 0.29) is 11.7 Å². The first-order chi connectivity index (χ1) is 9.49. The average molecular weight is 289 g/mol. The topological polar surface area (TPSA) is 72.2 Å². The van der Waals surface area contributed by atoms with E-state index in [1.54, 1.807) is 42.5 Å². The molecule has 2 aromatic rings. The maximum Gasteiger partial charge on any atom is 0.221 e. The predicted octanol–water partition coefficient (Wildman–Crippen LogP) is 3.11. The molecule has 0 unspecified atom stereocenters. The Morgan fingerprint density at radius 2 is 1.75 bits per heavy atom. The quantitative estimate of drug-likeness (QED) is 0.673. The van der Waals surface area contributed by atoms with E-state index < -0.39 is 0 Å². The van der Waals surface area contributed by atoms with E-state index in [1.807, 2.05) is 0 Å². The number of hydrogen-bond acceptors (Lipinski definition) is 3. The second kappa shape index (κ2) is 5.75. The third-order valence-corrected chi connectivity index (χ3v) is 3.06. The van der Waals surface area contributed by atoms with Crippen LogP contribution in [0.15, 0.2) is 42.5 Å². The van der Waals surface area contributed by atoms with Gasteiger partial charge in [-0.25, -0.2) is 0 Å². The minimum atomic E-state index is -0.248. The SMILES string of the molecule is CC(=O)Nc1ccc(C(=O)c2c(N)cccc2Cl)cc1. The highest BCUT2D eigenvalue weighted by atomic mass is 35.5. The van der Waals surface area contributed by atoms with E-state index in [0.717, 1.165) is 0 Å². The largest absolute Gasteiger partial charge is 0.398 e. The number of nitrogens with two attached hydrogens (primary N) is 1. The first kappa shape index (κ1) is 14.1. The van der Waals surface area contributed by atoms with Crippen LogP contribution in [0.4, 0.5) is 11.4 Å². The molecule has 0 aliphatic carbocycles. The summed E-state index contributed by atoms with van der Waals surface area (Å²) in [7, 11) is 0. The van der Waals surface area contributed by atoms with Gasteiger partial charge in [-0.15, -0.1) is 0 Å². The summed E-state index contributed by atoms with van der Waals surface area (Å²) in [6.45, 7) is 1.42. The fraction of sp³-hybridized carbons (Fsp3) is 0.0667. The van der Waals surface area contributed by atoms with Crippen LogP contribution in [0.3, 0.4) is 0 Å². The summed E-state index contributed by atoms with van der Waals surface area (Å²) in [6.07, 6.45) is 0. The number of carbonyl (C=O) groups excluding carboxylic acids is 2. The molecule has 0 saturated heterocycles. The molecule has 3 N–H and O–H groups in total. The number of amides is 1. The Kier molecular flexibility index (Phi) is 4.05. The summed E-state index contributed by atoms with van der Waals surface area (Å²) in [5.74, 6) is -0.415. The normalized spacial score (nSPS) is 10.1. The van der Waals surface area contributed by atoms with Crippen molar-refractivity contribution in [3.05, 3.63) is 58.6 Å². The van der Waals surface area contributed by atoms with Crippen molar-refractivity contribution < 1.29 is 9.59 Å². The van der Waals surface area contributed by atoms with Gasteiger partial charge < -0.3 is 11.1 Å². The van der Waals surface area contributed by atoms with Crippen LogP contribution in [0.2, 0.25) is 5.02 Å². The number of halogens is 1. The molecule has 20 heavy (non-hydrogen) atoms. The fourth-order valence-electron chi connectivity index (χ4n) is 1.83. The number of anilines is 2. The molecule has 0 bridgehead atoms. The molecule has 2 rings (SSSR count). The lowest BCUT2D eigenvalue weighted by molar-refractivity contribution is -0.114. The van der Waals surface area contributed by atoms with Crippen molar-refractivity contribution in [1.29, 1.82) is 0 Å². The molecule has 0 aliphatic heterocycles. The molecule has 5 heteroatoms. The third kappa shape index (κ3) is 2.97. The first-order valence-corrected chi connectivity index (χ1v) is 6.33. The molecule has 1 amide bonds. The molecule has 4 nitrogen and oxygen atoms in total. The van der Waals surface area contributed by atoms with Gasteiger partial charge in [0.15, 0.2) is 5.78 Å². The van der Waals surface area contributed by atoms with Gasteiger partial charge in [-0.3, -0.25) is 9.59 Å². The summed E-state index contributed by atoms with van der Waals surface area (Å²) in [5, 5.41) is 2.95. The van der Waals surface area contributed by atoms with Crippen LogP contribution < -0.4 is 11.1 Å². The van der Waals surface area contributed by atoms with Gasteiger partial charge in [0.25, 0.3) is 0 Å². The van der Waals surface area contributed by atoms with Crippen molar-refractivity contribution in [1.82, 2.24) is 0 Å². The van der Waals surface area contributed by atoms with E-state index >= 15 is 0 Å². The zero-order valence-electron chi connectivity index (χ0n) is 10.8. The van der Waals surface area contributed by atoms with Gasteiger partial charge in [-0.1, -0.05) is 17.7 Å². The molecule has 0 radical (unpaired) electrons. The molecule has 102 valence electrons. The monoisotopic (exact) mass is 288 g/mol. The van der Waals surface area contributed by atoms with Crippen molar-refractivity contribution in [2.75, 3.05) is 11.1 Å². The lowest BCUT2D eigenvalue weighted by Crippen LogP contribution is -2.08. The Morgan fingerprint density at radius 1 is 1.10 bits per heavy atom. The molecule has 0 fully saturated rings. The molecule has 2 aromatic carbocycles. The zero-order chi connectivity index (χ0) is 14.7. The molecular formula is C15H13ClN2O2. The Bertz CT molecular complexity index is 646. The van der Waals surface area contributed by atoms with Crippen LogP contribution >= 0.6 is 11.6 Å². The van der Waals surface area contributed by atoms with Gasteiger partial charge in [-0.05, 0) is 36.4 Å². The van der Waals surface area contributed by atoms with E-state index in [2.05, 4.69) is 5.32 Å². The van der Waals surface area contributed by atoms with Crippen LogP contribution in [-0.4, -0.2) is 11.7 Å². The Balaban J connectivity index is 2.32. The standard InChI is InChI=1S/C15H13ClN2O2/c1-9(19)18-11-7-5-10(6-8-11)15(20)14-12(16)3-2-4-13(14)17/h2-8H,17H2,1H3,(H,18,19). The van der Waals surface area contributed by atoms with Crippen LogP contribution in [-0.2, 0) is 4.79 Å². The summed E-state index contributed by atoms with van der Waals surface area (Å²) in [5.41, 5.74) is 7.51. The average Bonchev–Trinajstić information content (AvgIpc) is 2.38. The summed E-state index contributed by atoms with van der Waals surface area (Å²) < 4.78 is 0. The van der Waals surface area contributed by atoms with Gasteiger partial charge in [0, 0.05) is 23.9 Å². The van der Waals surface area contributed by atoms with Crippen molar-refractivity contribution in [2.24, 2.45) is 0 Å². The van der Waals surface area contributed by atoms with Crippen molar-refractivity contribution >= 4 is 34.7 Å². The van der Waals surface area contributed by atoms with Gasteiger partial charge in [-0.2, -0.15) is 0 Å². The maximum atomic E-state index is 12.4. The molecule has 0 aliphatic rings. The number of benzene rings is 2. The summed E-state index contributed by atoms with van der Waals surface area (Å²) in [4.78, 5) is 23.3. The van der Waals surface area contributed by atoms with Crippen LogP contribution in [0, 0.1) is 0 Å². The lowest BCUT2D eigenvalue weighted by atomic mass is 10.0. The first-order valence-electron chi connectivity index (χ1n) is 5.95. The predicted molar refractivity (Wildman–Crippen MR) is 80.0 cm³/mol. The molecule has 0 aromatic heterocycles. The number of hydrogen-bond donors (Lipinski definition) is 2. The van der Waals surface area contributed by atoms with Gasteiger partial charge in [0.2, 0.25) is 5.91 Å². The highest BCUT2D eigenvalue weighted by molar-refractivity contribution is 6.35. The van der Waals surface area contributed by atoms with E-state index in [1.165, 1.54) is 6.92 Å². The molecule has 0 heterocycles. The van der Waals surface area contributed by atoms with Crippen LogP contribution in [0.5, 0.6) is 0 Å². The highest BCUT2D eigenvalue weighted by Crippen LogP contribution is 2.25. The van der Waals surface area contributed by atoms with E-state index in [9.17, 15) is 9.59 Å². The van der Waals surface area contributed by atoms with Gasteiger partial charge >= 0.3 is 0 Å². The summed E-state index contributed by atoms with van der Waals surface area (Å²) >= 11 is 6.02. The lowest BCUT2D eigenvalue weighted by Gasteiger charge is -2.08. The van der Waals surface area contributed by atoms with Crippen LogP contribution in [0.25, 0.3) is 0 Å². The van der Waals surface area contributed by atoms with Gasteiger partial charge in [0.1, 0.15) is 0 Å². The fourth-order valence-corrected chi connectivity index (χ4v) is 2.10. The Hall–Kier alpha value is -2.33. The smallest absolute Gasteiger partial charge is 0.221 e. The van der Waals surface area contributed by atoms with E-state index in [4.69, 9.17) is 17.3 Å². The molecule has 0 spiro atoms. The number of rotatable bonds is 3. The second-order valence-corrected chi connectivity index (χ2v) is 4.70. The number of nitrogens with one attached hydrogen (secondary N) is 1. The van der Waals surface area contributed by atoms with Gasteiger partial charge in [0.05, 0.1) is 10.6 Å². The van der Waals surface area contributed by atoms with Crippen molar-refractivity contribution in [3.8, 4) is 0 Å². The Morgan fingerprint density at radius 3 is 2.30 bits per heavy atom. The number of ketones is 1. The highest BCUT2D eigenvalue weighted by Gasteiger charge is 2.15. The van der Waals surface area contributed by atoms with Crippen molar-refractivity contribution in [2.45, 2.75) is 6.92 Å². The number of nitrogen functional groups attached to an aromatic ring is 1. The minimum Gasteiger partial charge on any atom is -0.398 e. The zero-order valence-corrected chi connectivity index (χ0v) is 11.6. The number of carbonyl (C=O) groups is 2. The maximum absolute atomic E-state index is 12.4.